The van der Waals surface area contributed by atoms with E-state index in [1.54, 1.807) is 18.2 Å². The molecule has 0 saturated carbocycles. The molecule has 0 radical (unpaired) electrons. The third kappa shape index (κ3) is 4.73. The van der Waals surface area contributed by atoms with Gasteiger partial charge in [-0.05, 0) is 42.0 Å². The number of carbonyl (C=O) groups is 2. The minimum absolute atomic E-state index is 0.0503. The van der Waals surface area contributed by atoms with Crippen LogP contribution in [0.5, 0.6) is 0 Å². The average molecular weight is 371 g/mol. The molecule has 0 atom stereocenters. The van der Waals surface area contributed by atoms with Gasteiger partial charge in [0.25, 0.3) is 0 Å². The molecule has 0 aliphatic carbocycles. The monoisotopic (exact) mass is 369 g/mol. The summed E-state index contributed by atoms with van der Waals surface area (Å²) in [7, 11) is 0. The maximum Gasteiger partial charge on any atom is 0.337 e. The summed E-state index contributed by atoms with van der Waals surface area (Å²) >= 11 is 17.5. The van der Waals surface area contributed by atoms with Gasteiger partial charge in [0.2, 0.25) is 5.91 Å². The summed E-state index contributed by atoms with van der Waals surface area (Å²) < 4.78 is 0. The van der Waals surface area contributed by atoms with Gasteiger partial charge in [-0.15, -0.1) is 0 Å². The molecule has 0 aliphatic rings. The van der Waals surface area contributed by atoms with Gasteiger partial charge < -0.3 is 10.4 Å². The van der Waals surface area contributed by atoms with E-state index in [9.17, 15) is 9.59 Å². The highest BCUT2D eigenvalue weighted by atomic mass is 35.5. The van der Waals surface area contributed by atoms with Gasteiger partial charge in [0, 0.05) is 11.1 Å². The van der Waals surface area contributed by atoms with Crippen molar-refractivity contribution >= 4 is 58.4 Å². The van der Waals surface area contributed by atoms with E-state index >= 15 is 0 Å². The topological polar surface area (TPSA) is 66.4 Å². The predicted octanol–water partition coefficient (Wildman–Crippen LogP) is 5.00. The summed E-state index contributed by atoms with van der Waals surface area (Å²) in [5, 5.41) is 12.7. The van der Waals surface area contributed by atoms with Crippen LogP contribution in [0.15, 0.2) is 42.5 Å². The van der Waals surface area contributed by atoms with Crippen LogP contribution in [0.4, 0.5) is 5.69 Å². The van der Waals surface area contributed by atoms with Crippen LogP contribution in [0.2, 0.25) is 15.1 Å². The molecular weight excluding hydrogens is 361 g/mol. The zero-order valence-electron chi connectivity index (χ0n) is 11.5. The number of halogens is 3. The van der Waals surface area contributed by atoms with Crippen molar-refractivity contribution in [2.45, 2.75) is 0 Å². The minimum atomic E-state index is -1.16. The number of hydrogen-bond acceptors (Lipinski definition) is 2. The maximum atomic E-state index is 11.9. The van der Waals surface area contributed by atoms with Crippen molar-refractivity contribution in [3.05, 3.63) is 68.7 Å². The van der Waals surface area contributed by atoms with E-state index in [4.69, 9.17) is 39.9 Å². The first-order valence-corrected chi connectivity index (χ1v) is 7.47. The number of carbonyl (C=O) groups excluding carboxylic acids is 1. The predicted molar refractivity (Wildman–Crippen MR) is 92.5 cm³/mol. The molecule has 2 aromatic carbocycles. The number of rotatable bonds is 4. The third-order valence-corrected chi connectivity index (χ3v) is 3.81. The van der Waals surface area contributed by atoms with Gasteiger partial charge in [0.05, 0.1) is 21.3 Å². The Hall–Kier alpha value is -2.01. The lowest BCUT2D eigenvalue weighted by Gasteiger charge is -2.07. The van der Waals surface area contributed by atoms with Crippen molar-refractivity contribution in [2.75, 3.05) is 5.32 Å². The van der Waals surface area contributed by atoms with Crippen LogP contribution < -0.4 is 5.32 Å². The molecule has 7 heteroatoms. The Morgan fingerprint density at radius 3 is 2.39 bits per heavy atom. The SMILES string of the molecule is O=C(C=Cc1ccc(Cl)c(Cl)c1)Nc1cc(Cl)ccc1C(=O)O. The van der Waals surface area contributed by atoms with Crippen molar-refractivity contribution in [3.63, 3.8) is 0 Å². The number of carboxylic acid groups (broad SMARTS) is 1. The number of hydrogen-bond donors (Lipinski definition) is 2. The number of anilines is 1. The van der Waals surface area contributed by atoms with E-state index in [1.165, 1.54) is 30.4 Å². The summed E-state index contributed by atoms with van der Waals surface area (Å²) in [6.07, 6.45) is 2.79. The largest absolute Gasteiger partial charge is 0.478 e. The van der Waals surface area contributed by atoms with Crippen LogP contribution in [0, 0.1) is 0 Å². The zero-order chi connectivity index (χ0) is 17.0. The molecule has 0 heterocycles. The Balaban J connectivity index is 2.16. The molecule has 0 spiro atoms. The minimum Gasteiger partial charge on any atom is -0.478 e. The first-order chi connectivity index (χ1) is 10.9. The third-order valence-electron chi connectivity index (χ3n) is 2.84. The van der Waals surface area contributed by atoms with Gasteiger partial charge in [-0.25, -0.2) is 4.79 Å². The second-order valence-corrected chi connectivity index (χ2v) is 5.74. The first kappa shape index (κ1) is 17.3. The smallest absolute Gasteiger partial charge is 0.337 e. The van der Waals surface area contributed by atoms with E-state index in [0.29, 0.717) is 20.6 Å². The standard InChI is InChI=1S/C16H10Cl3NO3/c17-10-3-4-11(16(22)23)14(8-10)20-15(21)6-2-9-1-5-12(18)13(19)7-9/h1-8H,(H,20,21)(H,22,23). The Morgan fingerprint density at radius 1 is 1.00 bits per heavy atom. The Bertz CT molecular complexity index is 803. The van der Waals surface area contributed by atoms with E-state index in [-0.39, 0.29) is 11.3 Å². The molecule has 2 N–H and O–H groups in total. The maximum absolute atomic E-state index is 11.9. The van der Waals surface area contributed by atoms with E-state index in [2.05, 4.69) is 5.32 Å². The van der Waals surface area contributed by atoms with Gasteiger partial charge in [0.15, 0.2) is 0 Å². The molecule has 1 amide bonds. The molecule has 2 rings (SSSR count). The fraction of sp³-hybridized carbons (Fsp3) is 0. The lowest BCUT2D eigenvalue weighted by Crippen LogP contribution is -2.12. The van der Waals surface area contributed by atoms with Gasteiger partial charge in [-0.2, -0.15) is 0 Å². The molecular formula is C16H10Cl3NO3. The fourth-order valence-corrected chi connectivity index (χ4v) is 2.25. The summed E-state index contributed by atoms with van der Waals surface area (Å²) in [6.45, 7) is 0. The summed E-state index contributed by atoms with van der Waals surface area (Å²) in [6, 6.07) is 9.04. The number of amides is 1. The van der Waals surface area contributed by atoms with Gasteiger partial charge >= 0.3 is 5.97 Å². The normalized spacial score (nSPS) is 10.7. The fourth-order valence-electron chi connectivity index (χ4n) is 1.77. The number of nitrogens with one attached hydrogen (secondary N) is 1. The van der Waals surface area contributed by atoms with Crippen molar-refractivity contribution in [3.8, 4) is 0 Å². The quantitative estimate of drug-likeness (QED) is 0.745. The van der Waals surface area contributed by atoms with E-state index in [1.807, 2.05) is 0 Å². The van der Waals surface area contributed by atoms with Gasteiger partial charge in [-0.1, -0.05) is 40.9 Å². The van der Waals surface area contributed by atoms with Crippen LogP contribution in [-0.2, 0) is 4.79 Å². The molecule has 4 nitrogen and oxygen atoms in total. The van der Waals surface area contributed by atoms with Crippen LogP contribution in [0.1, 0.15) is 15.9 Å². The van der Waals surface area contributed by atoms with Crippen LogP contribution in [0.25, 0.3) is 6.08 Å². The summed E-state index contributed by atoms with van der Waals surface area (Å²) in [5.41, 5.74) is 0.749. The highest BCUT2D eigenvalue weighted by molar-refractivity contribution is 6.42. The lowest BCUT2D eigenvalue weighted by atomic mass is 10.1. The molecule has 23 heavy (non-hydrogen) atoms. The molecule has 0 fully saturated rings. The zero-order valence-corrected chi connectivity index (χ0v) is 13.8. The van der Waals surface area contributed by atoms with Crippen molar-refractivity contribution in [1.82, 2.24) is 0 Å². The number of carboxylic acids is 1. The van der Waals surface area contributed by atoms with E-state index in [0.717, 1.165) is 0 Å². The Kier molecular flexibility index (Phi) is 5.66. The first-order valence-electron chi connectivity index (χ1n) is 6.34. The van der Waals surface area contributed by atoms with Crippen LogP contribution in [0.3, 0.4) is 0 Å². The molecule has 2 aromatic rings. The van der Waals surface area contributed by atoms with Gasteiger partial charge in [0.1, 0.15) is 0 Å². The van der Waals surface area contributed by atoms with Crippen molar-refractivity contribution < 1.29 is 14.7 Å². The number of aromatic carboxylic acids is 1. The van der Waals surface area contributed by atoms with Gasteiger partial charge in [-0.3, -0.25) is 4.79 Å². The van der Waals surface area contributed by atoms with E-state index < -0.39 is 11.9 Å². The summed E-state index contributed by atoms with van der Waals surface area (Å²) in [5.74, 6) is -1.66. The van der Waals surface area contributed by atoms with Crippen molar-refractivity contribution in [1.29, 1.82) is 0 Å². The highest BCUT2D eigenvalue weighted by Crippen LogP contribution is 2.23. The molecule has 0 aliphatic heterocycles. The molecule has 118 valence electrons. The van der Waals surface area contributed by atoms with Crippen LogP contribution >= 0.6 is 34.8 Å². The molecule has 0 unspecified atom stereocenters. The molecule has 0 saturated heterocycles. The average Bonchev–Trinajstić information content (AvgIpc) is 2.48. The van der Waals surface area contributed by atoms with Crippen molar-refractivity contribution in [2.24, 2.45) is 0 Å². The number of benzene rings is 2. The second-order valence-electron chi connectivity index (χ2n) is 4.49. The second kappa shape index (κ2) is 7.51. The summed E-state index contributed by atoms with van der Waals surface area (Å²) in [4.78, 5) is 23.1. The Morgan fingerprint density at radius 2 is 1.74 bits per heavy atom. The molecule has 0 bridgehead atoms. The van der Waals surface area contributed by atoms with Crippen LogP contribution in [-0.4, -0.2) is 17.0 Å². The lowest BCUT2D eigenvalue weighted by molar-refractivity contribution is -0.111. The molecule has 0 aromatic heterocycles. The highest BCUT2D eigenvalue weighted by Gasteiger charge is 2.11. The Labute approximate surface area is 147 Å².